The lowest BCUT2D eigenvalue weighted by Crippen LogP contribution is -2.50. The number of carbonyl (C=O) groups is 2. The van der Waals surface area contributed by atoms with Gasteiger partial charge in [-0.15, -0.1) is 0 Å². The van der Waals surface area contributed by atoms with Gasteiger partial charge in [0.25, 0.3) is 5.91 Å². The Morgan fingerprint density at radius 1 is 1.39 bits per heavy atom. The van der Waals surface area contributed by atoms with Crippen LogP contribution in [-0.2, 0) is 10.5 Å². The van der Waals surface area contributed by atoms with Crippen LogP contribution in [0.5, 0.6) is 0 Å². The quantitative estimate of drug-likeness (QED) is 0.650. The van der Waals surface area contributed by atoms with Crippen LogP contribution in [0.15, 0.2) is 24.5 Å². The van der Waals surface area contributed by atoms with Crippen molar-refractivity contribution in [3.05, 3.63) is 41.5 Å². The van der Waals surface area contributed by atoms with E-state index in [-0.39, 0.29) is 17.9 Å². The highest BCUT2D eigenvalue weighted by atomic mass is 32.2. The second-order valence-corrected chi connectivity index (χ2v) is 8.31. The summed E-state index contributed by atoms with van der Waals surface area (Å²) >= 11 is 1.74. The number of hydrogen-bond donors (Lipinski definition) is 3. The number of anilines is 2. The Morgan fingerprint density at radius 2 is 2.29 bits per heavy atom. The lowest BCUT2D eigenvalue weighted by atomic mass is 9.97. The number of nitrogens with one attached hydrogen (secondary N) is 3. The van der Waals surface area contributed by atoms with Crippen molar-refractivity contribution in [3.63, 3.8) is 0 Å². The summed E-state index contributed by atoms with van der Waals surface area (Å²) in [7, 11) is 0. The smallest absolute Gasteiger partial charge is 0.251 e. The van der Waals surface area contributed by atoms with Crippen molar-refractivity contribution in [1.29, 1.82) is 0 Å². The molecule has 1 aromatic heterocycles. The number of piperidine rings is 1. The van der Waals surface area contributed by atoms with Crippen LogP contribution in [0.2, 0.25) is 0 Å². The molecule has 0 aliphatic carbocycles. The normalized spacial score (nSPS) is 18.2. The van der Waals surface area contributed by atoms with Gasteiger partial charge in [-0.2, -0.15) is 11.8 Å². The molecular weight excluding hydrogens is 374 g/mol. The first kappa shape index (κ1) is 18.9. The van der Waals surface area contributed by atoms with Crippen molar-refractivity contribution >= 4 is 35.0 Å². The lowest BCUT2D eigenvalue weighted by molar-refractivity contribution is -0.118. The molecule has 1 saturated heterocycles. The fourth-order valence-electron chi connectivity index (χ4n) is 3.78. The van der Waals surface area contributed by atoms with Crippen molar-refractivity contribution < 1.29 is 9.59 Å². The van der Waals surface area contributed by atoms with Gasteiger partial charge in [0.15, 0.2) is 0 Å². The fourth-order valence-corrected chi connectivity index (χ4v) is 4.65. The van der Waals surface area contributed by atoms with Crippen LogP contribution < -0.4 is 15.5 Å². The molecule has 3 N–H and O–H groups in total. The molecule has 0 unspecified atom stereocenters. The molecule has 2 aromatic rings. The van der Waals surface area contributed by atoms with Crippen molar-refractivity contribution in [1.82, 2.24) is 15.3 Å². The van der Waals surface area contributed by atoms with Crippen LogP contribution in [0.25, 0.3) is 0 Å². The van der Waals surface area contributed by atoms with E-state index >= 15 is 0 Å². The zero-order valence-electron chi connectivity index (χ0n) is 16.0. The number of benzene rings is 1. The summed E-state index contributed by atoms with van der Waals surface area (Å²) in [6.45, 7) is 3.49. The summed E-state index contributed by atoms with van der Waals surface area (Å²) in [6.07, 6.45) is 4.78. The van der Waals surface area contributed by atoms with Crippen LogP contribution in [0, 0.1) is 6.92 Å². The summed E-state index contributed by atoms with van der Waals surface area (Å²) in [5.41, 5.74) is 4.47. The maximum Gasteiger partial charge on any atom is 0.251 e. The highest BCUT2D eigenvalue weighted by molar-refractivity contribution is 7.98. The van der Waals surface area contributed by atoms with E-state index in [1.165, 1.54) is 0 Å². The second kappa shape index (κ2) is 8.26. The summed E-state index contributed by atoms with van der Waals surface area (Å²) in [4.78, 5) is 34.4. The van der Waals surface area contributed by atoms with Crippen LogP contribution >= 0.6 is 11.8 Å². The van der Waals surface area contributed by atoms with E-state index in [0.717, 1.165) is 60.1 Å². The average molecular weight is 400 g/mol. The predicted molar refractivity (Wildman–Crippen MR) is 112 cm³/mol. The number of aromatic amines is 1. The molecule has 0 saturated carbocycles. The third kappa shape index (κ3) is 3.87. The number of nitrogens with zero attached hydrogens (tertiary/aromatic N) is 2. The summed E-state index contributed by atoms with van der Waals surface area (Å²) in [6, 6.07) is 5.51. The fraction of sp³-hybridized carbons (Fsp3) is 0.450. The van der Waals surface area contributed by atoms with Gasteiger partial charge in [-0.05, 0) is 44.4 Å². The third-order valence-electron chi connectivity index (χ3n) is 5.34. The number of amides is 2. The monoisotopic (exact) mass is 399 g/mol. The molecule has 1 aromatic carbocycles. The largest absolute Gasteiger partial charge is 0.358 e. The third-order valence-corrected chi connectivity index (χ3v) is 6.31. The van der Waals surface area contributed by atoms with Gasteiger partial charge in [-0.25, -0.2) is 4.98 Å². The molecule has 148 valence electrons. The van der Waals surface area contributed by atoms with Gasteiger partial charge >= 0.3 is 0 Å². The summed E-state index contributed by atoms with van der Waals surface area (Å²) in [5.74, 6) is 1.56. The minimum atomic E-state index is -0.116. The maximum absolute atomic E-state index is 12.5. The molecule has 3 heterocycles. The molecule has 8 heteroatoms. The molecule has 4 rings (SSSR count). The van der Waals surface area contributed by atoms with Gasteiger partial charge < -0.3 is 20.5 Å². The summed E-state index contributed by atoms with van der Waals surface area (Å²) < 4.78 is 0. The van der Waals surface area contributed by atoms with Crippen LogP contribution in [0.3, 0.4) is 0 Å². The molecule has 2 amide bonds. The van der Waals surface area contributed by atoms with E-state index in [9.17, 15) is 9.59 Å². The van der Waals surface area contributed by atoms with E-state index in [1.807, 2.05) is 19.1 Å². The molecule has 7 nitrogen and oxygen atoms in total. The van der Waals surface area contributed by atoms with Crippen molar-refractivity contribution in [2.75, 3.05) is 29.1 Å². The van der Waals surface area contributed by atoms with Crippen LogP contribution in [0.1, 0.15) is 41.0 Å². The standard InChI is InChI=1S/C20H25N5O2S/c1-13-16(23-12-22-13)11-28-9-7-21-19(26)14-5-6-17-15(10-14)24-20(27)18-4-2-3-8-25(17)18/h5-6,10,12,18H,2-4,7-9,11H2,1H3,(H,21,26)(H,22,23)(H,24,27)/t18-/m0/s1. The zero-order chi connectivity index (χ0) is 19.5. The molecular formula is C20H25N5O2S. The highest BCUT2D eigenvalue weighted by Crippen LogP contribution is 2.36. The van der Waals surface area contributed by atoms with Gasteiger partial charge in [-0.3, -0.25) is 9.59 Å². The molecule has 0 spiro atoms. The number of fused-ring (bicyclic) bond motifs is 3. The Bertz CT molecular complexity index is 881. The number of aromatic nitrogens is 2. The van der Waals surface area contributed by atoms with Gasteiger partial charge in [0.05, 0.1) is 23.4 Å². The van der Waals surface area contributed by atoms with Crippen molar-refractivity contribution in [3.8, 4) is 0 Å². The summed E-state index contributed by atoms with van der Waals surface area (Å²) in [5, 5.41) is 5.93. The first-order chi connectivity index (χ1) is 13.6. The second-order valence-electron chi connectivity index (χ2n) is 7.21. The molecule has 1 fully saturated rings. The zero-order valence-corrected chi connectivity index (χ0v) is 16.8. The van der Waals surface area contributed by atoms with Gasteiger partial charge in [0, 0.05) is 35.9 Å². The lowest BCUT2D eigenvalue weighted by Gasteiger charge is -2.41. The number of rotatable bonds is 6. The number of imidazole rings is 1. The number of thioether (sulfide) groups is 1. The van der Waals surface area contributed by atoms with Crippen LogP contribution in [-0.4, -0.2) is 46.7 Å². The highest BCUT2D eigenvalue weighted by Gasteiger charge is 2.34. The Hall–Kier alpha value is -2.48. The van der Waals surface area contributed by atoms with E-state index in [0.29, 0.717) is 12.1 Å². The van der Waals surface area contributed by atoms with E-state index in [1.54, 1.807) is 24.2 Å². The Morgan fingerprint density at radius 3 is 3.11 bits per heavy atom. The van der Waals surface area contributed by atoms with E-state index in [2.05, 4.69) is 25.5 Å². The minimum Gasteiger partial charge on any atom is -0.358 e. The molecule has 28 heavy (non-hydrogen) atoms. The molecule has 2 aliphatic heterocycles. The molecule has 1 atom stereocenters. The van der Waals surface area contributed by atoms with E-state index in [4.69, 9.17) is 0 Å². The number of hydrogen-bond acceptors (Lipinski definition) is 5. The predicted octanol–water partition coefficient (Wildman–Crippen LogP) is 2.69. The van der Waals surface area contributed by atoms with Crippen molar-refractivity contribution in [2.24, 2.45) is 0 Å². The first-order valence-electron chi connectivity index (χ1n) is 9.70. The average Bonchev–Trinajstić information content (AvgIpc) is 3.12. The Labute approximate surface area is 168 Å². The first-order valence-corrected chi connectivity index (χ1v) is 10.9. The maximum atomic E-state index is 12.5. The van der Waals surface area contributed by atoms with Gasteiger partial charge in [-0.1, -0.05) is 0 Å². The Balaban J connectivity index is 1.32. The number of carbonyl (C=O) groups excluding carboxylic acids is 2. The van der Waals surface area contributed by atoms with Crippen LogP contribution in [0.4, 0.5) is 11.4 Å². The van der Waals surface area contributed by atoms with E-state index < -0.39 is 0 Å². The topological polar surface area (TPSA) is 90.1 Å². The molecule has 2 aliphatic rings. The van der Waals surface area contributed by atoms with Gasteiger partial charge in [0.2, 0.25) is 5.91 Å². The van der Waals surface area contributed by atoms with Gasteiger partial charge in [0.1, 0.15) is 6.04 Å². The SMILES string of the molecule is Cc1[nH]cnc1CSCCNC(=O)c1ccc2c(c1)NC(=O)[C@@H]1CCCCN21. The Kier molecular flexibility index (Phi) is 5.57. The number of H-pyrrole nitrogens is 1. The van der Waals surface area contributed by atoms with Crippen molar-refractivity contribution in [2.45, 2.75) is 38.0 Å². The molecule has 0 radical (unpaired) electrons. The molecule has 0 bridgehead atoms. The minimum absolute atomic E-state index is 0.0369. The number of aryl methyl sites for hydroxylation is 1.